The van der Waals surface area contributed by atoms with E-state index < -0.39 is 5.69 Å². The molecule has 0 radical (unpaired) electrons. The van der Waals surface area contributed by atoms with Crippen molar-refractivity contribution in [1.29, 1.82) is 0 Å². The minimum atomic E-state index is -0.421. The van der Waals surface area contributed by atoms with Crippen molar-refractivity contribution < 1.29 is 8.81 Å². The molecule has 1 aromatic carbocycles. The zero-order valence-corrected chi connectivity index (χ0v) is 21.1. The molecule has 3 heterocycles. The standard InChI is InChI=1S/C25H32FN7O3/c1-5-12-32-24(34)22-23(31(25(32)35)13-11-18-9-8-10-19(26)14-18)28-20(15-21-29-27-16-36-21)33(22)17(4)30(6-2)7-3/h8-10,14,16-17H,5-7,11-13,15H2,1-4H3. The normalized spacial score (nSPS) is 12.6. The highest BCUT2D eigenvalue weighted by Crippen LogP contribution is 2.23. The number of benzene rings is 1. The Kier molecular flexibility index (Phi) is 7.78. The van der Waals surface area contributed by atoms with E-state index in [4.69, 9.17) is 9.40 Å². The molecule has 0 aliphatic carbocycles. The fourth-order valence-corrected chi connectivity index (χ4v) is 4.71. The highest BCUT2D eigenvalue weighted by molar-refractivity contribution is 5.71. The zero-order chi connectivity index (χ0) is 25.8. The van der Waals surface area contributed by atoms with E-state index in [-0.39, 0.29) is 37.1 Å². The van der Waals surface area contributed by atoms with Crippen LogP contribution < -0.4 is 11.2 Å². The first-order valence-corrected chi connectivity index (χ1v) is 12.4. The van der Waals surface area contributed by atoms with Crippen LogP contribution in [-0.4, -0.2) is 46.9 Å². The van der Waals surface area contributed by atoms with Crippen molar-refractivity contribution in [3.63, 3.8) is 0 Å². The first kappa shape index (κ1) is 25.5. The van der Waals surface area contributed by atoms with Crippen molar-refractivity contribution in [3.05, 3.63) is 74.6 Å². The van der Waals surface area contributed by atoms with Crippen molar-refractivity contribution in [2.24, 2.45) is 0 Å². The molecule has 0 spiro atoms. The van der Waals surface area contributed by atoms with Crippen LogP contribution in [0.2, 0.25) is 0 Å². The zero-order valence-electron chi connectivity index (χ0n) is 21.1. The van der Waals surface area contributed by atoms with Crippen LogP contribution in [0.4, 0.5) is 4.39 Å². The summed E-state index contributed by atoms with van der Waals surface area (Å²) in [5, 5.41) is 7.75. The Morgan fingerprint density at radius 2 is 1.89 bits per heavy atom. The van der Waals surface area contributed by atoms with Gasteiger partial charge in [-0.05, 0) is 50.6 Å². The minimum Gasteiger partial charge on any atom is -0.428 e. The quantitative estimate of drug-likeness (QED) is 0.314. The molecule has 0 saturated carbocycles. The first-order valence-electron chi connectivity index (χ1n) is 12.4. The van der Waals surface area contributed by atoms with Gasteiger partial charge in [0.2, 0.25) is 12.3 Å². The van der Waals surface area contributed by atoms with E-state index in [9.17, 15) is 14.0 Å². The van der Waals surface area contributed by atoms with Crippen molar-refractivity contribution in [3.8, 4) is 0 Å². The molecule has 0 N–H and O–H groups in total. The van der Waals surface area contributed by atoms with Gasteiger partial charge >= 0.3 is 5.69 Å². The average Bonchev–Trinajstić information content (AvgIpc) is 3.51. The maximum atomic E-state index is 13.8. The third-order valence-corrected chi connectivity index (χ3v) is 6.52. The SMILES string of the molecule is CCCn1c(=O)c2c(nc(Cc3nnco3)n2C(C)N(CC)CC)n(CCc2cccc(F)c2)c1=O. The first-order chi connectivity index (χ1) is 17.4. The van der Waals surface area contributed by atoms with Gasteiger partial charge in [0.05, 0.1) is 12.6 Å². The molecule has 4 aromatic rings. The molecular formula is C25H32FN7O3. The lowest BCUT2D eigenvalue weighted by molar-refractivity contribution is 0.172. The van der Waals surface area contributed by atoms with E-state index in [1.807, 2.05) is 24.5 Å². The molecule has 0 bridgehead atoms. The number of imidazole rings is 1. The molecule has 0 saturated heterocycles. The molecule has 1 unspecified atom stereocenters. The van der Waals surface area contributed by atoms with Crippen LogP contribution in [0.3, 0.4) is 0 Å². The number of rotatable bonds is 11. The number of hydrogen-bond acceptors (Lipinski definition) is 7. The van der Waals surface area contributed by atoms with Crippen LogP contribution in [-0.2, 0) is 25.9 Å². The largest absolute Gasteiger partial charge is 0.428 e. The van der Waals surface area contributed by atoms with Gasteiger partial charge in [-0.2, -0.15) is 0 Å². The van der Waals surface area contributed by atoms with E-state index in [0.717, 1.165) is 18.7 Å². The molecular weight excluding hydrogens is 465 g/mol. The van der Waals surface area contributed by atoms with Crippen molar-refractivity contribution in [2.45, 2.75) is 66.2 Å². The van der Waals surface area contributed by atoms with Crippen LogP contribution in [0, 0.1) is 5.82 Å². The molecule has 11 heteroatoms. The van der Waals surface area contributed by atoms with Crippen LogP contribution in [0.1, 0.15) is 57.6 Å². The maximum absolute atomic E-state index is 13.8. The predicted molar refractivity (Wildman–Crippen MR) is 133 cm³/mol. The van der Waals surface area contributed by atoms with E-state index >= 15 is 0 Å². The fraction of sp³-hybridized carbons (Fsp3) is 0.480. The number of hydrogen-bond donors (Lipinski definition) is 0. The minimum absolute atomic E-state index is 0.208. The van der Waals surface area contributed by atoms with Crippen LogP contribution >= 0.6 is 0 Å². The summed E-state index contributed by atoms with van der Waals surface area (Å²) in [5.74, 6) is 0.583. The van der Waals surface area contributed by atoms with Crippen molar-refractivity contribution >= 4 is 11.2 Å². The molecule has 4 rings (SSSR count). The Labute approximate surface area is 208 Å². The number of nitrogens with zero attached hydrogens (tertiary/aromatic N) is 7. The van der Waals surface area contributed by atoms with Gasteiger partial charge in [0, 0.05) is 13.1 Å². The van der Waals surface area contributed by atoms with Crippen LogP contribution in [0.15, 0.2) is 44.7 Å². The summed E-state index contributed by atoms with van der Waals surface area (Å²) in [6, 6.07) is 6.29. The molecule has 10 nitrogen and oxygen atoms in total. The third kappa shape index (κ3) is 4.88. The summed E-state index contributed by atoms with van der Waals surface area (Å²) in [6.45, 7) is 10.1. The van der Waals surface area contributed by atoms with Crippen molar-refractivity contribution in [2.75, 3.05) is 13.1 Å². The molecule has 36 heavy (non-hydrogen) atoms. The topological polar surface area (TPSA) is 104 Å². The Morgan fingerprint density at radius 3 is 2.53 bits per heavy atom. The Morgan fingerprint density at radius 1 is 1.11 bits per heavy atom. The molecule has 0 fully saturated rings. The van der Waals surface area contributed by atoms with E-state index in [1.54, 1.807) is 6.07 Å². The third-order valence-electron chi connectivity index (χ3n) is 6.52. The number of fused-ring (bicyclic) bond motifs is 1. The second kappa shape index (κ2) is 11.0. The van der Waals surface area contributed by atoms with Gasteiger partial charge in [-0.25, -0.2) is 14.2 Å². The highest BCUT2D eigenvalue weighted by Gasteiger charge is 2.26. The van der Waals surface area contributed by atoms with Gasteiger partial charge in [0.15, 0.2) is 11.2 Å². The van der Waals surface area contributed by atoms with Crippen molar-refractivity contribution in [1.82, 2.24) is 33.8 Å². The summed E-state index contributed by atoms with van der Waals surface area (Å²) in [5.41, 5.74) is 0.626. The number of aromatic nitrogens is 6. The second-order valence-electron chi connectivity index (χ2n) is 8.70. The van der Waals surface area contributed by atoms with Gasteiger partial charge in [-0.1, -0.05) is 32.9 Å². The lowest BCUT2D eigenvalue weighted by Crippen LogP contribution is -2.41. The van der Waals surface area contributed by atoms with Gasteiger partial charge in [0.1, 0.15) is 11.6 Å². The molecule has 0 amide bonds. The molecule has 192 valence electrons. The summed E-state index contributed by atoms with van der Waals surface area (Å²) in [7, 11) is 0. The second-order valence-corrected chi connectivity index (χ2v) is 8.70. The number of halogens is 1. The lowest BCUT2D eigenvalue weighted by Gasteiger charge is -2.29. The van der Waals surface area contributed by atoms with E-state index in [0.29, 0.717) is 35.7 Å². The smallest absolute Gasteiger partial charge is 0.332 e. The summed E-state index contributed by atoms with van der Waals surface area (Å²) in [6.07, 6.45) is 2.29. The molecule has 0 aliphatic heterocycles. The van der Waals surface area contributed by atoms with E-state index in [1.165, 1.54) is 27.7 Å². The Balaban J connectivity index is 1.95. The molecule has 0 aliphatic rings. The van der Waals surface area contributed by atoms with Gasteiger partial charge in [0.25, 0.3) is 5.56 Å². The Bertz CT molecular complexity index is 1430. The molecule has 3 aromatic heterocycles. The lowest BCUT2D eigenvalue weighted by atomic mass is 10.1. The van der Waals surface area contributed by atoms with Gasteiger partial charge < -0.3 is 8.98 Å². The number of aryl methyl sites for hydroxylation is 2. The average molecular weight is 498 g/mol. The predicted octanol–water partition coefficient (Wildman–Crippen LogP) is 2.99. The monoisotopic (exact) mass is 497 g/mol. The fourth-order valence-electron chi connectivity index (χ4n) is 4.71. The van der Waals surface area contributed by atoms with E-state index in [2.05, 4.69) is 28.9 Å². The van der Waals surface area contributed by atoms with Gasteiger partial charge in [-0.3, -0.25) is 18.8 Å². The summed E-state index contributed by atoms with van der Waals surface area (Å²) < 4.78 is 23.8. The summed E-state index contributed by atoms with van der Waals surface area (Å²) in [4.78, 5) is 34.2. The highest BCUT2D eigenvalue weighted by atomic mass is 19.1. The summed E-state index contributed by atoms with van der Waals surface area (Å²) >= 11 is 0. The maximum Gasteiger partial charge on any atom is 0.332 e. The Hall–Kier alpha value is -3.60. The van der Waals surface area contributed by atoms with Crippen LogP contribution in [0.5, 0.6) is 0 Å². The molecule has 1 atom stereocenters. The van der Waals surface area contributed by atoms with Crippen LogP contribution in [0.25, 0.3) is 11.2 Å². The van der Waals surface area contributed by atoms with Gasteiger partial charge in [-0.15, -0.1) is 10.2 Å².